The van der Waals surface area contributed by atoms with E-state index in [1.807, 2.05) is 19.8 Å². The number of allylic oxidation sites excluding steroid dienone is 1. The Hall–Kier alpha value is -2.56. The minimum Gasteiger partial charge on any atom is -0.398 e. The molecule has 3 N–H and O–H groups in total. The lowest BCUT2D eigenvalue weighted by atomic mass is 10.1. The number of benzene rings is 2. The maximum Gasteiger partial charge on any atom is 0.116 e. The van der Waals surface area contributed by atoms with Crippen LogP contribution in [0.4, 0.5) is 11.4 Å². The molecule has 3 rings (SSSR count). The van der Waals surface area contributed by atoms with E-state index >= 15 is 0 Å². The highest BCUT2D eigenvalue weighted by molar-refractivity contribution is 6.31. The van der Waals surface area contributed by atoms with Crippen molar-refractivity contribution in [1.29, 1.82) is 0 Å². The minimum absolute atomic E-state index is 0.692. The Morgan fingerprint density at radius 2 is 1.75 bits per heavy atom. The number of hydrogen-bond acceptors (Lipinski definition) is 5. The van der Waals surface area contributed by atoms with E-state index in [1.54, 1.807) is 12.1 Å². The summed E-state index contributed by atoms with van der Waals surface area (Å²) < 4.78 is 0. The number of anilines is 2. The fraction of sp³-hybridized carbons (Fsp3) is 0.320. The second-order valence-corrected chi connectivity index (χ2v) is 7.76. The van der Waals surface area contributed by atoms with E-state index in [9.17, 15) is 0 Å². The van der Waals surface area contributed by atoms with Crippen LogP contribution >= 0.6 is 23.2 Å². The van der Waals surface area contributed by atoms with Crippen LogP contribution in [0.15, 0.2) is 49.6 Å². The molecular formula is C25H33Cl2N3O2. The standard InChI is InChI=1S/C13H19ClN2.C9H10ClN.C2H2O.CH2O/c1-2-3-11-4-5-12(10-13(11)14)16-8-6-15-7-9-16;1-6(2)8-5-7(10)3-4-9(8)11;1-2-3;1-2/h4-5,10,15H,2-3,6-9H2,1H3;3-5H,1,11H2,2H3;1H2;1H2. The van der Waals surface area contributed by atoms with Crippen molar-refractivity contribution >= 4 is 52.9 Å². The molecule has 0 aromatic heterocycles. The molecule has 32 heavy (non-hydrogen) atoms. The quantitative estimate of drug-likeness (QED) is 0.450. The van der Waals surface area contributed by atoms with Crippen LogP contribution < -0.4 is 16.0 Å². The Balaban J connectivity index is 0.000000523. The molecule has 0 unspecified atom stereocenters. The molecular weight excluding hydrogens is 445 g/mol. The van der Waals surface area contributed by atoms with Gasteiger partial charge in [0.25, 0.3) is 0 Å². The maximum atomic E-state index is 8.57. The number of rotatable bonds is 4. The molecule has 0 bridgehead atoms. The van der Waals surface area contributed by atoms with Gasteiger partial charge in [0.2, 0.25) is 0 Å². The maximum absolute atomic E-state index is 8.57. The van der Waals surface area contributed by atoms with Crippen LogP contribution in [-0.4, -0.2) is 38.9 Å². The lowest BCUT2D eigenvalue weighted by Crippen LogP contribution is -2.43. The first-order chi connectivity index (χ1) is 15.3. The number of nitrogen functional groups attached to an aromatic ring is 1. The first kappa shape index (κ1) is 29.4. The number of carbonyl (C=O) groups is 1. The van der Waals surface area contributed by atoms with E-state index in [1.165, 1.54) is 17.2 Å². The summed E-state index contributed by atoms with van der Waals surface area (Å²) in [6.07, 6.45) is 2.22. The van der Waals surface area contributed by atoms with Gasteiger partial charge in [0, 0.05) is 53.2 Å². The fourth-order valence-electron chi connectivity index (χ4n) is 3.03. The van der Waals surface area contributed by atoms with E-state index in [4.69, 9.17) is 38.5 Å². The molecule has 1 fully saturated rings. The number of piperazine rings is 1. The summed E-state index contributed by atoms with van der Waals surface area (Å²) >= 11 is 12.0. The summed E-state index contributed by atoms with van der Waals surface area (Å²) in [6.45, 7) is 16.8. The highest BCUT2D eigenvalue weighted by atomic mass is 35.5. The SMILES string of the molecule is C=C(C)c1cc(Cl)ccc1N.C=C=O.C=O.CCCc1ccc(N2CCNCC2)cc1Cl. The molecule has 1 aliphatic rings. The van der Waals surface area contributed by atoms with Gasteiger partial charge in [-0.3, -0.25) is 0 Å². The third-order valence-corrected chi connectivity index (χ3v) is 5.10. The number of nitrogens with one attached hydrogen (secondary N) is 1. The molecule has 0 amide bonds. The lowest BCUT2D eigenvalue weighted by Gasteiger charge is -2.29. The Kier molecular flexibility index (Phi) is 15.7. The summed E-state index contributed by atoms with van der Waals surface area (Å²) in [5.74, 6) is 1.25. The van der Waals surface area contributed by atoms with Gasteiger partial charge < -0.3 is 20.7 Å². The average Bonchev–Trinajstić information content (AvgIpc) is 2.80. The zero-order valence-electron chi connectivity index (χ0n) is 18.9. The number of hydrogen-bond donors (Lipinski definition) is 2. The monoisotopic (exact) mass is 477 g/mol. The van der Waals surface area contributed by atoms with Crippen molar-refractivity contribution in [2.75, 3.05) is 36.8 Å². The van der Waals surface area contributed by atoms with Gasteiger partial charge in [-0.25, -0.2) is 4.79 Å². The molecule has 0 spiro atoms. The Bertz CT molecular complexity index is 875. The van der Waals surface area contributed by atoms with Crippen LogP contribution in [0, 0.1) is 0 Å². The Morgan fingerprint density at radius 1 is 1.16 bits per heavy atom. The predicted molar refractivity (Wildman–Crippen MR) is 140 cm³/mol. The third-order valence-electron chi connectivity index (χ3n) is 4.51. The van der Waals surface area contributed by atoms with Crippen molar-refractivity contribution in [1.82, 2.24) is 5.32 Å². The molecule has 1 aliphatic heterocycles. The normalized spacial score (nSPS) is 11.9. The Labute approximate surface area is 201 Å². The van der Waals surface area contributed by atoms with E-state index < -0.39 is 0 Å². The van der Waals surface area contributed by atoms with E-state index in [0.29, 0.717) is 5.02 Å². The number of carbonyl (C=O) groups excluding carboxylic acids is 2. The van der Waals surface area contributed by atoms with Crippen molar-refractivity contribution in [3.05, 3.63) is 70.7 Å². The van der Waals surface area contributed by atoms with Crippen LogP contribution in [0.25, 0.3) is 5.57 Å². The van der Waals surface area contributed by atoms with Crippen LogP contribution in [0.5, 0.6) is 0 Å². The molecule has 0 saturated carbocycles. The van der Waals surface area contributed by atoms with Gasteiger partial charge in [0.15, 0.2) is 0 Å². The van der Waals surface area contributed by atoms with Gasteiger partial charge in [0.05, 0.1) is 0 Å². The highest BCUT2D eigenvalue weighted by Gasteiger charge is 2.11. The number of aryl methyl sites for hydroxylation is 1. The van der Waals surface area contributed by atoms with E-state index in [-0.39, 0.29) is 0 Å². The Morgan fingerprint density at radius 3 is 2.22 bits per heavy atom. The van der Waals surface area contributed by atoms with Gasteiger partial charge in [-0.15, -0.1) is 0 Å². The van der Waals surface area contributed by atoms with Crippen LogP contribution in [0.1, 0.15) is 31.4 Å². The predicted octanol–water partition coefficient (Wildman–Crippen LogP) is 5.48. The second kappa shape index (κ2) is 17.0. The van der Waals surface area contributed by atoms with Crippen molar-refractivity contribution in [2.45, 2.75) is 26.7 Å². The van der Waals surface area contributed by atoms with Crippen molar-refractivity contribution in [3.8, 4) is 0 Å². The van der Waals surface area contributed by atoms with Crippen molar-refractivity contribution in [3.63, 3.8) is 0 Å². The summed E-state index contributed by atoms with van der Waals surface area (Å²) in [7, 11) is 0. The molecule has 2 aromatic carbocycles. The molecule has 1 heterocycles. The number of nitrogens with two attached hydrogens (primary N) is 1. The molecule has 174 valence electrons. The zero-order chi connectivity index (χ0) is 24.5. The van der Waals surface area contributed by atoms with E-state index in [2.05, 4.69) is 48.5 Å². The number of halogens is 2. The van der Waals surface area contributed by atoms with E-state index in [0.717, 1.165) is 60.9 Å². The summed E-state index contributed by atoms with van der Waals surface area (Å²) in [5.41, 5.74) is 10.8. The van der Waals surface area contributed by atoms with Gasteiger partial charge in [-0.2, -0.15) is 0 Å². The molecule has 0 radical (unpaired) electrons. The first-order valence-electron chi connectivity index (χ1n) is 10.2. The van der Waals surface area contributed by atoms with Crippen molar-refractivity contribution < 1.29 is 9.59 Å². The van der Waals surface area contributed by atoms with Gasteiger partial charge in [0.1, 0.15) is 12.7 Å². The van der Waals surface area contributed by atoms with Crippen LogP contribution in [-0.2, 0) is 16.0 Å². The van der Waals surface area contributed by atoms with Gasteiger partial charge >= 0.3 is 0 Å². The van der Waals surface area contributed by atoms with Crippen LogP contribution in [0.3, 0.4) is 0 Å². The third kappa shape index (κ3) is 10.7. The number of nitrogens with zero attached hydrogens (tertiary/aromatic N) is 1. The van der Waals surface area contributed by atoms with Gasteiger partial charge in [-0.1, -0.05) is 49.2 Å². The smallest absolute Gasteiger partial charge is 0.116 e. The molecule has 5 nitrogen and oxygen atoms in total. The molecule has 7 heteroatoms. The largest absolute Gasteiger partial charge is 0.398 e. The van der Waals surface area contributed by atoms with Crippen molar-refractivity contribution in [2.24, 2.45) is 0 Å². The topological polar surface area (TPSA) is 75.4 Å². The summed E-state index contributed by atoms with van der Waals surface area (Å²) in [6, 6.07) is 11.8. The summed E-state index contributed by atoms with van der Waals surface area (Å²) in [4.78, 5) is 19.0. The fourth-order valence-corrected chi connectivity index (χ4v) is 3.47. The zero-order valence-corrected chi connectivity index (χ0v) is 20.4. The van der Waals surface area contributed by atoms with Crippen LogP contribution in [0.2, 0.25) is 10.0 Å². The first-order valence-corrected chi connectivity index (χ1v) is 11.0. The molecule has 1 saturated heterocycles. The molecule has 2 aromatic rings. The average molecular weight is 478 g/mol. The minimum atomic E-state index is 0.692. The van der Waals surface area contributed by atoms with Gasteiger partial charge in [-0.05, 0) is 61.4 Å². The second-order valence-electron chi connectivity index (χ2n) is 6.92. The molecule has 0 aliphatic carbocycles. The highest BCUT2D eigenvalue weighted by Crippen LogP contribution is 2.25. The molecule has 0 atom stereocenters. The lowest BCUT2D eigenvalue weighted by molar-refractivity contribution is -0.0979. The summed E-state index contributed by atoms with van der Waals surface area (Å²) in [5, 5.41) is 4.96.